The van der Waals surface area contributed by atoms with Gasteiger partial charge in [0.2, 0.25) is 5.91 Å². The van der Waals surface area contributed by atoms with E-state index in [-0.39, 0.29) is 5.91 Å². The van der Waals surface area contributed by atoms with Crippen LogP contribution in [0.25, 0.3) is 10.9 Å². The fraction of sp³-hybridized carbons (Fsp3) is 0.500. The fourth-order valence-corrected chi connectivity index (χ4v) is 2.30. The van der Waals surface area contributed by atoms with E-state index in [1.165, 1.54) is 0 Å². The lowest BCUT2D eigenvalue weighted by atomic mass is 10.1. The number of carbonyl (C=O) groups is 1. The van der Waals surface area contributed by atoms with Crippen molar-refractivity contribution in [2.24, 2.45) is 0 Å². The molecule has 0 saturated carbocycles. The van der Waals surface area contributed by atoms with Gasteiger partial charge in [-0.2, -0.15) is 0 Å². The van der Waals surface area contributed by atoms with E-state index >= 15 is 0 Å². The molecule has 20 heavy (non-hydrogen) atoms. The van der Waals surface area contributed by atoms with E-state index in [4.69, 9.17) is 4.52 Å². The number of unbranched alkanes of at least 4 members (excludes halogenated alkanes) is 1. The molecule has 1 aromatic carbocycles. The highest BCUT2D eigenvalue weighted by Gasteiger charge is 2.17. The molecule has 4 nitrogen and oxygen atoms in total. The molecule has 0 atom stereocenters. The van der Waals surface area contributed by atoms with Crippen LogP contribution in [0.15, 0.2) is 28.8 Å². The van der Waals surface area contributed by atoms with E-state index in [2.05, 4.69) is 19.0 Å². The van der Waals surface area contributed by atoms with Gasteiger partial charge < -0.3 is 9.42 Å². The van der Waals surface area contributed by atoms with Gasteiger partial charge in [0.1, 0.15) is 5.52 Å². The summed E-state index contributed by atoms with van der Waals surface area (Å²) in [5.74, 6) is 0.797. The zero-order chi connectivity index (χ0) is 14.4. The summed E-state index contributed by atoms with van der Waals surface area (Å²) >= 11 is 0. The SMILES string of the molecule is CCCCN(CCC)C(=O)Cc1onc2ccccc12. The molecule has 4 heteroatoms. The van der Waals surface area contributed by atoms with Gasteiger partial charge in [-0.25, -0.2) is 0 Å². The Bertz CT molecular complexity index is 562. The van der Waals surface area contributed by atoms with E-state index in [9.17, 15) is 4.79 Å². The van der Waals surface area contributed by atoms with Crippen molar-refractivity contribution in [1.82, 2.24) is 10.1 Å². The third-order valence-corrected chi connectivity index (χ3v) is 3.40. The number of hydrogen-bond donors (Lipinski definition) is 0. The highest BCUT2D eigenvalue weighted by atomic mass is 16.5. The van der Waals surface area contributed by atoms with Crippen molar-refractivity contribution < 1.29 is 9.32 Å². The first-order valence-corrected chi connectivity index (χ1v) is 7.37. The summed E-state index contributed by atoms with van der Waals surface area (Å²) < 4.78 is 5.32. The van der Waals surface area contributed by atoms with Crippen molar-refractivity contribution in [3.8, 4) is 0 Å². The molecular weight excluding hydrogens is 252 g/mol. The standard InChI is InChI=1S/C16H22N2O2/c1-3-5-11-18(10-4-2)16(19)12-15-13-8-6-7-9-14(13)17-20-15/h6-9H,3-5,10-12H2,1-2H3. The third-order valence-electron chi connectivity index (χ3n) is 3.40. The maximum Gasteiger partial charge on any atom is 0.230 e. The number of amides is 1. The first-order valence-electron chi connectivity index (χ1n) is 7.37. The van der Waals surface area contributed by atoms with Crippen LogP contribution in [-0.2, 0) is 11.2 Å². The lowest BCUT2D eigenvalue weighted by Gasteiger charge is -2.21. The number of benzene rings is 1. The summed E-state index contributed by atoms with van der Waals surface area (Å²) in [6, 6.07) is 7.70. The molecular formula is C16H22N2O2. The lowest BCUT2D eigenvalue weighted by molar-refractivity contribution is -0.130. The molecule has 0 N–H and O–H groups in total. The van der Waals surface area contributed by atoms with Crippen molar-refractivity contribution in [2.45, 2.75) is 39.5 Å². The van der Waals surface area contributed by atoms with E-state index < -0.39 is 0 Å². The summed E-state index contributed by atoms with van der Waals surface area (Å²) in [6.45, 7) is 5.87. The quantitative estimate of drug-likeness (QED) is 0.777. The molecule has 0 aliphatic heterocycles. The molecule has 0 unspecified atom stereocenters. The molecule has 1 amide bonds. The molecule has 2 aromatic rings. The molecule has 0 fully saturated rings. The molecule has 0 saturated heterocycles. The minimum atomic E-state index is 0.127. The van der Waals surface area contributed by atoms with Gasteiger partial charge in [0.15, 0.2) is 5.76 Å². The van der Waals surface area contributed by atoms with Crippen LogP contribution >= 0.6 is 0 Å². The first kappa shape index (κ1) is 14.6. The molecule has 0 aliphatic carbocycles. The van der Waals surface area contributed by atoms with Gasteiger partial charge in [0.25, 0.3) is 0 Å². The van der Waals surface area contributed by atoms with Crippen LogP contribution in [0.3, 0.4) is 0 Å². The second-order valence-corrected chi connectivity index (χ2v) is 5.03. The molecule has 1 aromatic heterocycles. The average Bonchev–Trinajstić information content (AvgIpc) is 2.87. The minimum absolute atomic E-state index is 0.127. The monoisotopic (exact) mass is 274 g/mol. The summed E-state index contributed by atoms with van der Waals surface area (Å²) in [5, 5.41) is 4.93. The van der Waals surface area contributed by atoms with Crippen LogP contribution in [0.1, 0.15) is 38.9 Å². The van der Waals surface area contributed by atoms with Gasteiger partial charge in [-0.3, -0.25) is 4.79 Å². The molecule has 2 rings (SSSR count). The highest BCUT2D eigenvalue weighted by Crippen LogP contribution is 2.18. The van der Waals surface area contributed by atoms with Crippen molar-refractivity contribution in [2.75, 3.05) is 13.1 Å². The van der Waals surface area contributed by atoms with E-state index in [0.29, 0.717) is 12.2 Å². The number of aromatic nitrogens is 1. The predicted octanol–water partition coefficient (Wildman–Crippen LogP) is 3.41. The Labute approximate surface area is 119 Å². The van der Waals surface area contributed by atoms with Gasteiger partial charge in [0.05, 0.1) is 6.42 Å². The predicted molar refractivity (Wildman–Crippen MR) is 79.5 cm³/mol. The number of rotatable bonds is 7. The summed E-state index contributed by atoms with van der Waals surface area (Å²) in [4.78, 5) is 14.3. The maximum atomic E-state index is 12.4. The lowest BCUT2D eigenvalue weighted by Crippen LogP contribution is -2.33. The second kappa shape index (κ2) is 7.08. The summed E-state index contributed by atoms with van der Waals surface area (Å²) in [5.41, 5.74) is 0.811. The smallest absolute Gasteiger partial charge is 0.230 e. The maximum absolute atomic E-state index is 12.4. The molecule has 0 radical (unpaired) electrons. The Morgan fingerprint density at radius 2 is 2.00 bits per heavy atom. The van der Waals surface area contributed by atoms with Crippen LogP contribution in [-0.4, -0.2) is 29.1 Å². The van der Waals surface area contributed by atoms with Crippen molar-refractivity contribution in [3.05, 3.63) is 30.0 Å². The zero-order valence-electron chi connectivity index (χ0n) is 12.3. The van der Waals surface area contributed by atoms with Crippen molar-refractivity contribution in [3.63, 3.8) is 0 Å². The van der Waals surface area contributed by atoms with E-state index in [0.717, 1.165) is 43.3 Å². The average molecular weight is 274 g/mol. The van der Waals surface area contributed by atoms with Gasteiger partial charge in [-0.1, -0.05) is 37.6 Å². The fourth-order valence-electron chi connectivity index (χ4n) is 2.30. The Morgan fingerprint density at radius 3 is 2.75 bits per heavy atom. The van der Waals surface area contributed by atoms with Gasteiger partial charge >= 0.3 is 0 Å². The second-order valence-electron chi connectivity index (χ2n) is 5.03. The molecule has 0 spiro atoms. The number of carbonyl (C=O) groups excluding carboxylic acids is 1. The molecule has 1 heterocycles. The zero-order valence-corrected chi connectivity index (χ0v) is 12.3. The third kappa shape index (κ3) is 3.38. The summed E-state index contributed by atoms with van der Waals surface area (Å²) in [6.07, 6.45) is 3.42. The Morgan fingerprint density at radius 1 is 1.20 bits per heavy atom. The number of nitrogens with zero attached hydrogens (tertiary/aromatic N) is 2. The number of hydrogen-bond acceptors (Lipinski definition) is 3. The van der Waals surface area contributed by atoms with Crippen LogP contribution < -0.4 is 0 Å². The van der Waals surface area contributed by atoms with E-state index in [1.54, 1.807) is 0 Å². The van der Waals surface area contributed by atoms with Gasteiger partial charge in [-0.15, -0.1) is 0 Å². The number of fused-ring (bicyclic) bond motifs is 1. The van der Waals surface area contributed by atoms with Crippen molar-refractivity contribution in [1.29, 1.82) is 0 Å². The minimum Gasteiger partial charge on any atom is -0.360 e. The normalized spacial score (nSPS) is 10.9. The van der Waals surface area contributed by atoms with Crippen LogP contribution in [0.5, 0.6) is 0 Å². The van der Waals surface area contributed by atoms with Gasteiger partial charge in [0, 0.05) is 18.5 Å². The Kier molecular flexibility index (Phi) is 5.16. The van der Waals surface area contributed by atoms with Crippen LogP contribution in [0.2, 0.25) is 0 Å². The Hall–Kier alpha value is -1.84. The highest BCUT2D eigenvalue weighted by molar-refractivity contribution is 5.86. The molecule has 0 bridgehead atoms. The Balaban J connectivity index is 2.08. The molecule has 0 aliphatic rings. The van der Waals surface area contributed by atoms with Gasteiger partial charge in [-0.05, 0) is 25.0 Å². The molecule has 108 valence electrons. The van der Waals surface area contributed by atoms with Crippen molar-refractivity contribution >= 4 is 16.8 Å². The van der Waals surface area contributed by atoms with Crippen LogP contribution in [0.4, 0.5) is 0 Å². The summed E-state index contributed by atoms with van der Waals surface area (Å²) in [7, 11) is 0. The van der Waals surface area contributed by atoms with E-state index in [1.807, 2.05) is 29.2 Å². The topological polar surface area (TPSA) is 46.3 Å². The van der Waals surface area contributed by atoms with Crippen LogP contribution in [0, 0.1) is 0 Å². The largest absolute Gasteiger partial charge is 0.360 e. The first-order chi connectivity index (χ1) is 9.76.